The third kappa shape index (κ3) is 4.37. The molecular formula is C22H22O5. The van der Waals surface area contributed by atoms with Crippen LogP contribution in [0.5, 0.6) is 11.5 Å². The highest BCUT2D eigenvalue weighted by atomic mass is 16.6. The number of rotatable bonds is 4. The Morgan fingerprint density at radius 3 is 2.56 bits per heavy atom. The zero-order valence-electron chi connectivity index (χ0n) is 15.9. The summed E-state index contributed by atoms with van der Waals surface area (Å²) in [5, 5.41) is 0.796. The third-order valence-electron chi connectivity index (χ3n) is 4.20. The second-order valence-electron chi connectivity index (χ2n) is 7.42. The van der Waals surface area contributed by atoms with Crippen LogP contribution in [0.15, 0.2) is 57.7 Å². The molecule has 0 unspecified atom stereocenters. The molecule has 5 heteroatoms. The van der Waals surface area contributed by atoms with E-state index in [0.29, 0.717) is 17.1 Å². The maximum atomic E-state index is 12.2. The normalized spacial score (nSPS) is 11.4. The van der Waals surface area contributed by atoms with Crippen molar-refractivity contribution in [3.8, 4) is 11.5 Å². The van der Waals surface area contributed by atoms with E-state index in [0.717, 1.165) is 16.5 Å². The molecule has 0 aliphatic heterocycles. The smallest absolute Gasteiger partial charge is 0.349 e. The Hall–Kier alpha value is -3.08. The van der Waals surface area contributed by atoms with E-state index in [1.165, 1.54) is 12.1 Å². The van der Waals surface area contributed by atoms with Gasteiger partial charge in [-0.15, -0.1) is 0 Å². The fraction of sp³-hybridized carbons (Fsp3) is 0.273. The molecule has 0 amide bonds. The van der Waals surface area contributed by atoms with Gasteiger partial charge < -0.3 is 13.9 Å². The first kappa shape index (κ1) is 18.7. The number of esters is 1. The monoisotopic (exact) mass is 366 g/mol. The summed E-state index contributed by atoms with van der Waals surface area (Å²) in [6.07, 6.45) is 0. The van der Waals surface area contributed by atoms with Gasteiger partial charge in [-0.2, -0.15) is 0 Å². The summed E-state index contributed by atoms with van der Waals surface area (Å²) in [4.78, 5) is 23.7. The molecule has 5 nitrogen and oxygen atoms in total. The molecule has 0 fully saturated rings. The fourth-order valence-corrected chi connectivity index (χ4v) is 2.88. The van der Waals surface area contributed by atoms with E-state index >= 15 is 0 Å². The van der Waals surface area contributed by atoms with Gasteiger partial charge in [-0.05, 0) is 41.7 Å². The summed E-state index contributed by atoms with van der Waals surface area (Å²) >= 11 is 0. The van der Waals surface area contributed by atoms with E-state index in [1.54, 1.807) is 12.1 Å². The highest BCUT2D eigenvalue weighted by Crippen LogP contribution is 2.31. The van der Waals surface area contributed by atoms with Crippen LogP contribution in [0.2, 0.25) is 0 Å². The van der Waals surface area contributed by atoms with Gasteiger partial charge in [0.1, 0.15) is 17.1 Å². The summed E-state index contributed by atoms with van der Waals surface area (Å²) in [5.41, 5.74) is 1.66. The molecular weight excluding hydrogens is 344 g/mol. The van der Waals surface area contributed by atoms with Crippen LogP contribution in [0, 0.1) is 6.92 Å². The Labute approximate surface area is 157 Å². The minimum atomic E-state index is -0.534. The average molecular weight is 366 g/mol. The van der Waals surface area contributed by atoms with Gasteiger partial charge in [0.05, 0.1) is 0 Å². The van der Waals surface area contributed by atoms with Gasteiger partial charge in [-0.1, -0.05) is 39.0 Å². The van der Waals surface area contributed by atoms with Crippen molar-refractivity contribution in [2.24, 2.45) is 0 Å². The molecule has 0 bridgehead atoms. The van der Waals surface area contributed by atoms with Crippen molar-refractivity contribution >= 4 is 16.9 Å². The Morgan fingerprint density at radius 2 is 1.81 bits per heavy atom. The van der Waals surface area contributed by atoms with Gasteiger partial charge >= 0.3 is 11.6 Å². The van der Waals surface area contributed by atoms with E-state index in [-0.39, 0.29) is 12.0 Å². The number of aryl methyl sites for hydroxylation is 1. The molecule has 27 heavy (non-hydrogen) atoms. The lowest BCUT2D eigenvalue weighted by molar-refractivity contribution is -0.136. The van der Waals surface area contributed by atoms with Crippen LogP contribution in [-0.4, -0.2) is 12.6 Å². The second-order valence-corrected chi connectivity index (χ2v) is 7.42. The fourth-order valence-electron chi connectivity index (χ4n) is 2.88. The van der Waals surface area contributed by atoms with Crippen LogP contribution in [-0.2, 0) is 10.2 Å². The van der Waals surface area contributed by atoms with Crippen LogP contribution in [0.3, 0.4) is 0 Å². The number of ether oxygens (including phenoxy) is 2. The number of fused-ring (bicyclic) bond motifs is 1. The maximum absolute atomic E-state index is 12.2. The van der Waals surface area contributed by atoms with Crippen LogP contribution in [0.25, 0.3) is 11.0 Å². The second kappa shape index (κ2) is 7.27. The first-order valence-electron chi connectivity index (χ1n) is 8.71. The first-order chi connectivity index (χ1) is 12.7. The van der Waals surface area contributed by atoms with Crippen molar-refractivity contribution in [1.82, 2.24) is 0 Å². The summed E-state index contributed by atoms with van der Waals surface area (Å²) in [6, 6.07) is 14.0. The predicted octanol–water partition coefficient (Wildman–Crippen LogP) is 4.38. The molecule has 2 aromatic carbocycles. The average Bonchev–Trinajstić information content (AvgIpc) is 2.59. The summed E-state index contributed by atoms with van der Waals surface area (Å²) < 4.78 is 16.2. The molecule has 3 aromatic rings. The van der Waals surface area contributed by atoms with Gasteiger partial charge in [0, 0.05) is 17.5 Å². The lowest BCUT2D eigenvalue weighted by Gasteiger charge is -2.22. The summed E-state index contributed by atoms with van der Waals surface area (Å²) in [5.74, 6) is 0.420. The molecule has 0 aliphatic carbocycles. The van der Waals surface area contributed by atoms with Gasteiger partial charge in [0.2, 0.25) is 0 Å². The lowest BCUT2D eigenvalue weighted by Crippen LogP contribution is -2.20. The van der Waals surface area contributed by atoms with E-state index < -0.39 is 11.6 Å². The SMILES string of the molecule is Cc1cc(=O)oc2cc(OC(=O)COc3ccccc3C(C)(C)C)ccc12. The van der Waals surface area contributed by atoms with Crippen LogP contribution < -0.4 is 15.1 Å². The molecule has 0 saturated heterocycles. The number of hydrogen-bond acceptors (Lipinski definition) is 5. The number of para-hydroxylation sites is 1. The Balaban J connectivity index is 1.72. The molecule has 0 spiro atoms. The quantitative estimate of drug-likeness (QED) is 0.389. The largest absolute Gasteiger partial charge is 0.482 e. The van der Waals surface area contributed by atoms with Crippen LogP contribution >= 0.6 is 0 Å². The minimum absolute atomic E-state index is 0.103. The lowest BCUT2D eigenvalue weighted by atomic mass is 9.86. The van der Waals surface area contributed by atoms with E-state index in [2.05, 4.69) is 20.8 Å². The predicted molar refractivity (Wildman–Crippen MR) is 103 cm³/mol. The van der Waals surface area contributed by atoms with Crippen molar-refractivity contribution in [2.75, 3.05) is 6.61 Å². The van der Waals surface area contributed by atoms with Crippen molar-refractivity contribution < 1.29 is 18.7 Å². The summed E-state index contributed by atoms with van der Waals surface area (Å²) in [6.45, 7) is 7.85. The summed E-state index contributed by atoms with van der Waals surface area (Å²) in [7, 11) is 0. The molecule has 0 atom stereocenters. The van der Waals surface area contributed by atoms with E-state index in [4.69, 9.17) is 13.9 Å². The topological polar surface area (TPSA) is 65.7 Å². The third-order valence-corrected chi connectivity index (χ3v) is 4.20. The standard InChI is InChI=1S/C22H22O5/c1-14-11-20(23)27-19-12-15(9-10-16(14)19)26-21(24)13-25-18-8-6-5-7-17(18)22(2,3)4/h5-12H,13H2,1-4H3. The molecule has 1 aromatic heterocycles. The molecule has 1 heterocycles. The Morgan fingerprint density at radius 1 is 1.07 bits per heavy atom. The molecule has 0 aliphatic rings. The van der Waals surface area contributed by atoms with Gasteiger partial charge in [-0.3, -0.25) is 0 Å². The number of benzene rings is 2. The van der Waals surface area contributed by atoms with Gasteiger partial charge in [0.15, 0.2) is 6.61 Å². The van der Waals surface area contributed by atoms with Crippen LogP contribution in [0.4, 0.5) is 0 Å². The molecule has 0 N–H and O–H groups in total. The van der Waals surface area contributed by atoms with Gasteiger partial charge in [0.25, 0.3) is 0 Å². The number of hydrogen-bond donors (Lipinski definition) is 0. The molecule has 3 rings (SSSR count). The van der Waals surface area contributed by atoms with Crippen molar-refractivity contribution in [3.63, 3.8) is 0 Å². The van der Waals surface area contributed by atoms with E-state index in [1.807, 2.05) is 31.2 Å². The Bertz CT molecular complexity index is 1040. The first-order valence-corrected chi connectivity index (χ1v) is 8.71. The highest BCUT2D eigenvalue weighted by Gasteiger charge is 2.19. The van der Waals surface area contributed by atoms with Crippen molar-refractivity contribution in [2.45, 2.75) is 33.1 Å². The van der Waals surface area contributed by atoms with Crippen LogP contribution in [0.1, 0.15) is 31.9 Å². The van der Waals surface area contributed by atoms with Crippen molar-refractivity contribution in [1.29, 1.82) is 0 Å². The van der Waals surface area contributed by atoms with Gasteiger partial charge in [-0.25, -0.2) is 9.59 Å². The molecule has 0 radical (unpaired) electrons. The molecule has 0 saturated carbocycles. The maximum Gasteiger partial charge on any atom is 0.349 e. The number of carbonyl (C=O) groups is 1. The Kier molecular flexibility index (Phi) is 5.04. The number of carbonyl (C=O) groups excluding carboxylic acids is 1. The zero-order valence-corrected chi connectivity index (χ0v) is 15.9. The highest BCUT2D eigenvalue weighted by molar-refractivity contribution is 5.82. The van der Waals surface area contributed by atoms with E-state index in [9.17, 15) is 9.59 Å². The minimum Gasteiger partial charge on any atom is -0.482 e. The molecule has 140 valence electrons. The van der Waals surface area contributed by atoms with Crippen molar-refractivity contribution in [3.05, 3.63) is 70.1 Å². The zero-order chi connectivity index (χ0) is 19.6.